The lowest BCUT2D eigenvalue weighted by atomic mass is 9.93. The van der Waals surface area contributed by atoms with E-state index in [-0.39, 0.29) is 11.8 Å². The third-order valence-corrected chi connectivity index (χ3v) is 7.58. The summed E-state index contributed by atoms with van der Waals surface area (Å²) in [6.07, 6.45) is 4.03. The van der Waals surface area contributed by atoms with Gasteiger partial charge in [0.25, 0.3) is 5.91 Å². The van der Waals surface area contributed by atoms with Crippen molar-refractivity contribution < 1.29 is 9.59 Å². The number of carbonyl (C=O) groups excluding carboxylic acids is 2. The Bertz CT molecular complexity index is 742. The molecule has 2 aromatic rings. The highest BCUT2D eigenvalue weighted by Gasteiger charge is 2.26. The molecule has 140 valence electrons. The third kappa shape index (κ3) is 3.94. The molecule has 0 radical (unpaired) electrons. The highest BCUT2D eigenvalue weighted by molar-refractivity contribution is 7.27. The molecule has 0 atom stereocenters. The van der Waals surface area contributed by atoms with Gasteiger partial charge in [-0.2, -0.15) is 0 Å². The van der Waals surface area contributed by atoms with Gasteiger partial charge in [0.2, 0.25) is 5.91 Å². The van der Waals surface area contributed by atoms with E-state index < -0.39 is 0 Å². The Balaban J connectivity index is 1.25. The van der Waals surface area contributed by atoms with Crippen LogP contribution in [0.1, 0.15) is 35.4 Å². The maximum absolute atomic E-state index is 12.7. The van der Waals surface area contributed by atoms with E-state index in [1.165, 1.54) is 22.2 Å². The SMILES string of the molecule is O=C(CCC1CCNCC1)N1CCN(C(=O)c2cc3sccc3s2)CC1. The van der Waals surface area contributed by atoms with Crippen molar-refractivity contribution in [2.75, 3.05) is 39.3 Å². The first-order valence-corrected chi connectivity index (χ1v) is 11.1. The van der Waals surface area contributed by atoms with E-state index in [1.54, 1.807) is 22.7 Å². The molecule has 1 N–H and O–H groups in total. The van der Waals surface area contributed by atoms with Crippen molar-refractivity contribution in [3.8, 4) is 0 Å². The van der Waals surface area contributed by atoms with Gasteiger partial charge in [0.1, 0.15) is 0 Å². The Morgan fingerprint density at radius 2 is 1.81 bits per heavy atom. The fraction of sp³-hybridized carbons (Fsp3) is 0.579. The minimum Gasteiger partial charge on any atom is -0.339 e. The largest absolute Gasteiger partial charge is 0.339 e. The minimum atomic E-state index is 0.111. The van der Waals surface area contributed by atoms with Gasteiger partial charge in [-0.3, -0.25) is 9.59 Å². The van der Waals surface area contributed by atoms with E-state index >= 15 is 0 Å². The maximum Gasteiger partial charge on any atom is 0.264 e. The molecular weight excluding hydrogens is 366 g/mol. The number of amides is 2. The zero-order valence-electron chi connectivity index (χ0n) is 14.9. The van der Waals surface area contributed by atoms with Crippen LogP contribution in [0, 0.1) is 5.92 Å². The molecule has 0 aliphatic carbocycles. The summed E-state index contributed by atoms with van der Waals surface area (Å²) < 4.78 is 2.37. The second-order valence-corrected chi connectivity index (χ2v) is 9.20. The number of hydrogen-bond donors (Lipinski definition) is 1. The van der Waals surface area contributed by atoms with E-state index in [9.17, 15) is 9.59 Å². The molecule has 0 spiro atoms. The molecule has 4 rings (SSSR count). The molecule has 7 heteroatoms. The van der Waals surface area contributed by atoms with Gasteiger partial charge in [0.15, 0.2) is 0 Å². The fourth-order valence-corrected chi connectivity index (χ4v) is 5.92. The first kappa shape index (κ1) is 17.9. The van der Waals surface area contributed by atoms with Crippen LogP contribution in [-0.2, 0) is 4.79 Å². The summed E-state index contributed by atoms with van der Waals surface area (Å²) in [7, 11) is 0. The molecule has 2 aromatic heterocycles. The van der Waals surface area contributed by atoms with Crippen LogP contribution in [0.2, 0.25) is 0 Å². The first-order chi connectivity index (χ1) is 12.7. The second kappa shape index (κ2) is 8.06. The minimum absolute atomic E-state index is 0.111. The predicted molar refractivity (Wildman–Crippen MR) is 107 cm³/mol. The number of hydrogen-bond acceptors (Lipinski definition) is 5. The van der Waals surface area contributed by atoms with Gasteiger partial charge in [0.05, 0.1) is 4.88 Å². The summed E-state index contributed by atoms with van der Waals surface area (Å²) in [5.74, 6) is 1.06. The van der Waals surface area contributed by atoms with Crippen molar-refractivity contribution in [1.82, 2.24) is 15.1 Å². The summed E-state index contributed by atoms with van der Waals surface area (Å²) in [5.41, 5.74) is 0. The van der Waals surface area contributed by atoms with Crippen molar-refractivity contribution in [3.63, 3.8) is 0 Å². The number of nitrogens with one attached hydrogen (secondary N) is 1. The molecule has 5 nitrogen and oxygen atoms in total. The number of nitrogens with zero attached hydrogens (tertiary/aromatic N) is 2. The van der Waals surface area contributed by atoms with Gasteiger partial charge in [0, 0.05) is 42.0 Å². The number of thiophene rings is 2. The average Bonchev–Trinajstić information content (AvgIpc) is 3.29. The zero-order chi connectivity index (χ0) is 17.9. The van der Waals surface area contributed by atoms with Crippen molar-refractivity contribution in [2.24, 2.45) is 5.92 Å². The summed E-state index contributed by atoms with van der Waals surface area (Å²) in [5, 5.41) is 5.43. The Morgan fingerprint density at radius 1 is 1.08 bits per heavy atom. The van der Waals surface area contributed by atoms with E-state index in [1.807, 2.05) is 15.9 Å². The van der Waals surface area contributed by atoms with Crippen molar-refractivity contribution >= 4 is 43.9 Å². The van der Waals surface area contributed by atoms with Crippen molar-refractivity contribution in [2.45, 2.75) is 25.7 Å². The lowest BCUT2D eigenvalue weighted by Gasteiger charge is -2.35. The molecule has 4 heterocycles. The molecule has 0 bridgehead atoms. The topological polar surface area (TPSA) is 52.7 Å². The average molecular weight is 392 g/mol. The third-order valence-electron chi connectivity index (χ3n) is 5.49. The summed E-state index contributed by atoms with van der Waals surface area (Å²) in [6.45, 7) is 4.78. The smallest absolute Gasteiger partial charge is 0.264 e. The fourth-order valence-electron chi connectivity index (χ4n) is 3.84. The molecule has 2 amide bonds. The number of piperazine rings is 1. The lowest BCUT2D eigenvalue weighted by Crippen LogP contribution is -2.50. The Hall–Kier alpha value is -1.44. The summed E-state index contributed by atoms with van der Waals surface area (Å²) in [6, 6.07) is 4.07. The molecule has 0 unspecified atom stereocenters. The van der Waals surface area contributed by atoms with Crippen LogP contribution in [0.4, 0.5) is 0 Å². The number of rotatable bonds is 4. The van der Waals surface area contributed by atoms with E-state index in [4.69, 9.17) is 0 Å². The quantitative estimate of drug-likeness (QED) is 0.872. The molecular formula is C19H25N3O2S2. The Kier molecular flexibility index (Phi) is 5.57. The zero-order valence-corrected chi connectivity index (χ0v) is 16.5. The maximum atomic E-state index is 12.7. The van der Waals surface area contributed by atoms with Crippen LogP contribution in [-0.4, -0.2) is 60.9 Å². The van der Waals surface area contributed by atoms with Crippen LogP contribution in [0.5, 0.6) is 0 Å². The Morgan fingerprint density at radius 3 is 2.54 bits per heavy atom. The summed E-state index contributed by atoms with van der Waals surface area (Å²) in [4.78, 5) is 29.8. The Labute approximate surface area is 162 Å². The van der Waals surface area contributed by atoms with E-state index in [0.717, 1.165) is 24.4 Å². The van der Waals surface area contributed by atoms with Gasteiger partial charge < -0.3 is 15.1 Å². The first-order valence-electron chi connectivity index (χ1n) is 9.45. The van der Waals surface area contributed by atoms with Crippen LogP contribution >= 0.6 is 22.7 Å². The summed E-state index contributed by atoms with van der Waals surface area (Å²) >= 11 is 3.25. The normalized spacial score (nSPS) is 19.2. The standard InChI is InChI=1S/C19H25N3O2S2/c23-18(2-1-14-3-6-20-7-4-14)21-8-10-22(11-9-21)19(24)17-13-16-15(26-17)5-12-25-16/h5,12-14,20H,1-4,6-11H2. The highest BCUT2D eigenvalue weighted by atomic mass is 32.1. The lowest BCUT2D eigenvalue weighted by molar-refractivity contribution is -0.133. The van der Waals surface area contributed by atoms with Crippen LogP contribution in [0.15, 0.2) is 17.5 Å². The van der Waals surface area contributed by atoms with Gasteiger partial charge >= 0.3 is 0 Å². The van der Waals surface area contributed by atoms with Crippen molar-refractivity contribution in [1.29, 1.82) is 0 Å². The van der Waals surface area contributed by atoms with Gasteiger partial charge in [-0.05, 0) is 55.8 Å². The highest BCUT2D eigenvalue weighted by Crippen LogP contribution is 2.31. The second-order valence-electron chi connectivity index (χ2n) is 7.16. The van der Waals surface area contributed by atoms with Crippen LogP contribution < -0.4 is 5.32 Å². The van der Waals surface area contributed by atoms with Gasteiger partial charge in [-0.25, -0.2) is 0 Å². The molecule has 0 aromatic carbocycles. The monoisotopic (exact) mass is 391 g/mol. The molecule has 0 saturated carbocycles. The molecule has 2 aliphatic rings. The predicted octanol–water partition coefficient (Wildman–Crippen LogP) is 3.03. The van der Waals surface area contributed by atoms with Crippen molar-refractivity contribution in [3.05, 3.63) is 22.4 Å². The van der Waals surface area contributed by atoms with Crippen LogP contribution in [0.3, 0.4) is 0 Å². The number of fused-ring (bicyclic) bond motifs is 1. The van der Waals surface area contributed by atoms with E-state index in [2.05, 4.69) is 16.8 Å². The number of carbonyl (C=O) groups is 2. The molecule has 2 aliphatic heterocycles. The van der Waals surface area contributed by atoms with Gasteiger partial charge in [-0.1, -0.05) is 0 Å². The molecule has 2 fully saturated rings. The molecule has 26 heavy (non-hydrogen) atoms. The van der Waals surface area contributed by atoms with Crippen LogP contribution in [0.25, 0.3) is 9.40 Å². The van der Waals surface area contributed by atoms with E-state index in [0.29, 0.717) is 38.5 Å². The van der Waals surface area contributed by atoms with Gasteiger partial charge in [-0.15, -0.1) is 22.7 Å². The molecule has 2 saturated heterocycles. The number of piperidine rings is 1.